The van der Waals surface area contributed by atoms with Gasteiger partial charge in [-0.2, -0.15) is 0 Å². The summed E-state index contributed by atoms with van der Waals surface area (Å²) in [4.78, 5) is 11.2. The maximum atomic E-state index is 11.2. The van der Waals surface area contributed by atoms with Crippen LogP contribution in [0.25, 0.3) is 0 Å². The summed E-state index contributed by atoms with van der Waals surface area (Å²) in [7, 11) is 27.4. The molecular weight excluding hydrogens is 1020 g/mol. The van der Waals surface area contributed by atoms with E-state index >= 15 is 0 Å². The van der Waals surface area contributed by atoms with Gasteiger partial charge in [0.1, 0.15) is 12.2 Å². The van der Waals surface area contributed by atoms with Crippen molar-refractivity contribution in [2.24, 2.45) is 0 Å². The van der Waals surface area contributed by atoms with Gasteiger partial charge < -0.3 is 66.9 Å². The van der Waals surface area contributed by atoms with Gasteiger partial charge in [-0.1, -0.05) is 25.3 Å². The third-order valence-corrected chi connectivity index (χ3v) is 10.1. The molecule has 1 aliphatic rings. The molecule has 5 unspecified atom stereocenters. The van der Waals surface area contributed by atoms with E-state index in [2.05, 4.69) is 5.32 Å². The van der Waals surface area contributed by atoms with Crippen LogP contribution in [0.15, 0.2) is 0 Å². The van der Waals surface area contributed by atoms with Crippen LogP contribution in [0.5, 0.6) is 0 Å². The van der Waals surface area contributed by atoms with E-state index in [1.807, 2.05) is 173 Å². The Kier molecular flexibility index (Phi) is 62.7. The van der Waals surface area contributed by atoms with Gasteiger partial charge in [0.05, 0.1) is 189 Å². The van der Waals surface area contributed by atoms with Gasteiger partial charge >= 0.3 is 0 Å². The number of carbonyl (C=O) groups is 1. The summed E-state index contributed by atoms with van der Waals surface area (Å²) in [5.41, 5.74) is -0.349. The Morgan fingerprint density at radius 1 is 0.457 bits per heavy atom. The quantitative estimate of drug-likeness (QED) is 0.0582. The highest BCUT2D eigenvalue weighted by atomic mass is 16.6. The van der Waals surface area contributed by atoms with Crippen molar-refractivity contribution in [3.05, 3.63) is 0 Å². The second kappa shape index (κ2) is 57.0. The van der Waals surface area contributed by atoms with Crippen molar-refractivity contribution in [2.75, 3.05) is 52.9 Å². The summed E-state index contributed by atoms with van der Waals surface area (Å²) in [6.07, 6.45) is 8.39. The number of amides is 1. The van der Waals surface area contributed by atoms with Crippen LogP contribution in [0.3, 0.4) is 0 Å². The minimum Gasteiger partial charge on any atom is -0.379 e. The first-order valence-corrected chi connectivity index (χ1v) is 30.6. The smallest absolute Gasteiger partial charge is 0.211 e. The topological polar surface area (TPSA) is 149 Å². The van der Waals surface area contributed by atoms with Crippen LogP contribution >= 0.6 is 0 Å². The molecule has 1 heterocycles. The van der Waals surface area contributed by atoms with Crippen molar-refractivity contribution in [3.63, 3.8) is 0 Å². The summed E-state index contributed by atoms with van der Waals surface area (Å²) in [5, 5.41) is 2.76. The third-order valence-electron chi connectivity index (χ3n) is 10.1. The van der Waals surface area contributed by atoms with Crippen molar-refractivity contribution in [1.29, 1.82) is 0 Å². The van der Waals surface area contributed by atoms with Crippen molar-refractivity contribution >= 4 is 45.1 Å². The van der Waals surface area contributed by atoms with Crippen LogP contribution in [-0.4, -0.2) is 213 Å². The van der Waals surface area contributed by atoms with Gasteiger partial charge in [0.25, 0.3) is 0 Å². The van der Waals surface area contributed by atoms with Gasteiger partial charge in [0.2, 0.25) is 5.91 Å². The Balaban J connectivity index is -0.000000286. The fourth-order valence-corrected chi connectivity index (χ4v) is 6.75. The zero-order chi connectivity index (χ0) is 63.7. The van der Waals surface area contributed by atoms with Gasteiger partial charge in [-0.05, 0) is 199 Å². The first-order chi connectivity index (χ1) is 37.6. The Morgan fingerprint density at radius 3 is 1.16 bits per heavy atom. The molecule has 474 valence electrons. The molecule has 1 fully saturated rings. The van der Waals surface area contributed by atoms with Crippen LogP contribution in [0, 0.1) is 0 Å². The second-order valence-corrected chi connectivity index (χ2v) is 23.7. The second-order valence-electron chi connectivity index (χ2n) is 23.7. The predicted molar refractivity (Wildman–Crippen MR) is 341 cm³/mol. The monoisotopic (exact) mass is 1150 g/mol. The summed E-state index contributed by atoms with van der Waals surface area (Å²) in [6, 6.07) is -0.138. The lowest BCUT2D eigenvalue weighted by Crippen LogP contribution is -2.42. The molecule has 0 spiro atoms. The van der Waals surface area contributed by atoms with E-state index in [1.54, 1.807) is 0 Å². The Hall–Kier alpha value is -0.725. The zero-order valence-electron chi connectivity index (χ0n) is 56.8. The number of rotatable bonds is 39. The number of carbonyl (C=O) groups excluding carboxylic acids is 1. The lowest BCUT2D eigenvalue weighted by Gasteiger charge is -2.31. The van der Waals surface area contributed by atoms with Gasteiger partial charge in [0, 0.05) is 6.61 Å². The molecule has 0 saturated carbocycles. The highest BCUT2D eigenvalue weighted by Gasteiger charge is 2.31. The third kappa shape index (κ3) is 68.3. The van der Waals surface area contributed by atoms with E-state index in [9.17, 15) is 4.79 Å². The predicted octanol–water partition coefficient (Wildman–Crippen LogP) is 11.2. The molecule has 1 amide bonds. The minimum absolute atomic E-state index is 0.0140. The highest BCUT2D eigenvalue weighted by molar-refractivity contribution is 6.19. The molecule has 0 aliphatic carbocycles. The highest BCUT2D eigenvalue weighted by Crippen LogP contribution is 2.19. The van der Waals surface area contributed by atoms with Gasteiger partial charge in [-0.15, -0.1) is 0 Å². The largest absolute Gasteiger partial charge is 0.379 e. The maximum Gasteiger partial charge on any atom is 0.211 e. The summed E-state index contributed by atoms with van der Waals surface area (Å²) < 4.78 is 71.9. The van der Waals surface area contributed by atoms with Crippen molar-refractivity contribution < 1.29 is 66.4 Å². The van der Waals surface area contributed by atoms with E-state index in [4.69, 9.17) is 101 Å². The fraction of sp³-hybridized carbons (Fsp3) is 0.984. The Morgan fingerprint density at radius 2 is 0.827 bits per heavy atom. The molecule has 1 N–H and O–H groups in total. The standard InChI is InChI=1S/C11H22BNO3.C11H23BO2.2C10H21BO2.C10H20O3.C9H19BO2/c1-8(2)15-6-10(7-16-9(3)4)13-11(14)5-12;1-9(2)13-8-6-11(5-7-12)14-10(3)4;1-8(2)12-7-10(5,6-11)13-9(3)4;1-8(2)12-7-10(5-6-11)13-9(3)4;1-7(2)12-9-5-11-6-10(9)13-8(3)4;1-7(2)11-6-9(5-10)12-8(3)4/h8-10H,5-7H2,1-4H3,(H,13,14);9-11H,5-8H2,1-4H3;8-9H,6-7H2,1-5H3;8-10H,5-7H2,1-4H3;7-10H,5-6H2,1-4H3;7-9H,5-6H2,1-4H3/t;;;;9-,10?;/m....1./s1. The SMILES string of the molecule is CC(C)OC1COC[C@H]1OC(C)C.[B]CC(=O)NC(COC(C)C)COC(C)C.[B]CC(C)(COC(C)C)OC(C)C.[B]CC(COC(C)C)OC(C)C.[B]CCC(CCOC(C)C)OC(C)C.[B]CCC(COC(C)C)OC(C)C. The number of nitrogens with one attached hydrogen (secondary N) is 1. The van der Waals surface area contributed by atoms with E-state index in [0.29, 0.717) is 77.6 Å². The zero-order valence-corrected chi connectivity index (χ0v) is 56.8. The van der Waals surface area contributed by atoms with Crippen LogP contribution in [0.2, 0.25) is 31.6 Å². The summed E-state index contributed by atoms with van der Waals surface area (Å²) in [5.74, 6) is -0.190. The van der Waals surface area contributed by atoms with Crippen LogP contribution in [-0.2, 0) is 66.4 Å². The molecule has 0 bridgehead atoms. The molecule has 1 saturated heterocycles. The Labute approximate surface area is 507 Å². The number of ether oxygens (including phenoxy) is 13. The minimum atomic E-state index is -0.349. The average molecular weight is 1150 g/mol. The van der Waals surface area contributed by atoms with E-state index in [0.717, 1.165) is 25.9 Å². The molecular formula is C61H126B5NO14. The van der Waals surface area contributed by atoms with E-state index in [-0.39, 0.29) is 122 Å². The van der Waals surface area contributed by atoms with Crippen molar-refractivity contribution in [3.8, 4) is 0 Å². The molecule has 1 rings (SSSR count). The Bertz CT molecular complexity index is 1300. The number of hydrogen-bond donors (Lipinski definition) is 1. The molecule has 20 heteroatoms. The normalized spacial score (nSPS) is 16.3. The lowest BCUT2D eigenvalue weighted by atomic mass is 9.88. The molecule has 6 atom stereocenters. The first-order valence-electron chi connectivity index (χ1n) is 30.6. The molecule has 10 radical (unpaired) electrons. The average Bonchev–Trinajstić information content (AvgIpc) is 3.76. The van der Waals surface area contributed by atoms with Gasteiger partial charge in [-0.3, -0.25) is 4.79 Å². The lowest BCUT2D eigenvalue weighted by molar-refractivity contribution is -0.121. The summed E-state index contributed by atoms with van der Waals surface area (Å²) in [6.45, 7) is 55.0. The first kappa shape index (κ1) is 89.0. The van der Waals surface area contributed by atoms with Crippen LogP contribution in [0.1, 0.15) is 192 Å². The molecule has 0 aromatic carbocycles. The summed E-state index contributed by atoms with van der Waals surface area (Å²) >= 11 is 0. The van der Waals surface area contributed by atoms with Gasteiger partial charge in [0.15, 0.2) is 0 Å². The van der Waals surface area contributed by atoms with E-state index in [1.165, 1.54) is 0 Å². The molecule has 1 aliphatic heterocycles. The van der Waals surface area contributed by atoms with Crippen molar-refractivity contribution in [2.45, 2.75) is 339 Å². The van der Waals surface area contributed by atoms with Crippen LogP contribution in [0.4, 0.5) is 0 Å². The molecule has 81 heavy (non-hydrogen) atoms. The van der Waals surface area contributed by atoms with Crippen LogP contribution < -0.4 is 5.32 Å². The van der Waals surface area contributed by atoms with E-state index < -0.39 is 0 Å². The number of hydrogen-bond acceptors (Lipinski definition) is 14. The molecule has 0 aromatic rings. The fourth-order valence-electron chi connectivity index (χ4n) is 6.75. The van der Waals surface area contributed by atoms with Crippen molar-refractivity contribution in [1.82, 2.24) is 5.32 Å². The molecule has 0 aromatic heterocycles. The van der Waals surface area contributed by atoms with Gasteiger partial charge in [-0.25, -0.2) is 0 Å². The maximum absolute atomic E-state index is 11.2. The molecule has 15 nitrogen and oxygen atoms in total.